The summed E-state index contributed by atoms with van der Waals surface area (Å²) in [4.78, 5) is 34.6. The van der Waals surface area contributed by atoms with Gasteiger partial charge in [0.05, 0.1) is 23.0 Å². The molecular formula is C24H23N5O2S. The average Bonchev–Trinajstić information content (AvgIpc) is 3.40. The number of hydrogen-bond donors (Lipinski definition) is 2. The number of amides is 2. The molecule has 1 unspecified atom stereocenters. The lowest BCUT2D eigenvalue weighted by Crippen LogP contribution is -2.29. The number of benzene rings is 2. The second-order valence-corrected chi connectivity index (χ2v) is 8.34. The van der Waals surface area contributed by atoms with E-state index in [-0.39, 0.29) is 18.2 Å². The van der Waals surface area contributed by atoms with Crippen molar-refractivity contribution in [2.75, 3.05) is 5.32 Å². The van der Waals surface area contributed by atoms with E-state index in [9.17, 15) is 9.59 Å². The molecule has 0 bridgehead atoms. The van der Waals surface area contributed by atoms with Gasteiger partial charge in [-0.3, -0.25) is 9.59 Å². The van der Waals surface area contributed by atoms with Gasteiger partial charge in [-0.15, -0.1) is 0 Å². The van der Waals surface area contributed by atoms with E-state index in [1.165, 1.54) is 18.3 Å². The number of nitrogens with zero attached hydrogens (tertiary/aromatic N) is 3. The van der Waals surface area contributed by atoms with Gasteiger partial charge in [0.15, 0.2) is 11.0 Å². The summed E-state index contributed by atoms with van der Waals surface area (Å²) in [5.74, 6) is 0.360. The van der Waals surface area contributed by atoms with Gasteiger partial charge in [-0.25, -0.2) is 9.97 Å². The smallest absolute Gasteiger partial charge is 0.228 e. The summed E-state index contributed by atoms with van der Waals surface area (Å²) in [5, 5.41) is 6.25. The van der Waals surface area contributed by atoms with Crippen molar-refractivity contribution in [2.24, 2.45) is 7.05 Å². The number of aryl methyl sites for hydroxylation is 1. The molecule has 32 heavy (non-hydrogen) atoms. The fraction of sp³-hybridized carbons (Fsp3) is 0.167. The first-order valence-electron chi connectivity index (χ1n) is 10.2. The van der Waals surface area contributed by atoms with Crippen molar-refractivity contribution in [2.45, 2.75) is 19.4 Å². The standard InChI is InChI=1S/C24H23N5O2S/c1-16(30)26-19(17-9-5-3-6-10-17)15-20(31)27-24-28-21(18-11-7-4-8-12-18)22(32-24)23-25-13-14-29(23)2/h3-14,19H,15H2,1-2H3,(H,26,30)(H,27,28,31). The van der Waals surface area contributed by atoms with E-state index in [0.717, 1.165) is 27.5 Å². The van der Waals surface area contributed by atoms with Gasteiger partial charge in [-0.2, -0.15) is 0 Å². The zero-order valence-corrected chi connectivity index (χ0v) is 18.6. The maximum Gasteiger partial charge on any atom is 0.228 e. The summed E-state index contributed by atoms with van der Waals surface area (Å²) in [5.41, 5.74) is 2.58. The van der Waals surface area contributed by atoms with Gasteiger partial charge in [0.25, 0.3) is 0 Å². The molecule has 0 spiro atoms. The molecule has 162 valence electrons. The van der Waals surface area contributed by atoms with Crippen LogP contribution in [0.3, 0.4) is 0 Å². The van der Waals surface area contributed by atoms with Gasteiger partial charge < -0.3 is 15.2 Å². The van der Waals surface area contributed by atoms with Crippen molar-refractivity contribution in [3.63, 3.8) is 0 Å². The van der Waals surface area contributed by atoms with E-state index in [2.05, 4.69) is 15.6 Å². The second kappa shape index (κ2) is 9.57. The lowest BCUT2D eigenvalue weighted by molar-refractivity contribution is -0.120. The summed E-state index contributed by atoms with van der Waals surface area (Å²) in [6, 6.07) is 18.8. The highest BCUT2D eigenvalue weighted by Crippen LogP contribution is 2.38. The topological polar surface area (TPSA) is 88.9 Å². The quantitative estimate of drug-likeness (QED) is 0.441. The normalized spacial score (nSPS) is 11.7. The predicted octanol–water partition coefficient (Wildman–Crippen LogP) is 4.42. The molecule has 2 amide bonds. The van der Waals surface area contributed by atoms with Crippen LogP contribution in [0.1, 0.15) is 24.9 Å². The van der Waals surface area contributed by atoms with Crippen LogP contribution >= 0.6 is 11.3 Å². The van der Waals surface area contributed by atoms with Crippen LogP contribution < -0.4 is 10.6 Å². The minimum absolute atomic E-state index is 0.0988. The minimum Gasteiger partial charge on any atom is -0.349 e. The molecule has 0 aliphatic heterocycles. The molecule has 8 heteroatoms. The highest BCUT2D eigenvalue weighted by Gasteiger charge is 2.21. The largest absolute Gasteiger partial charge is 0.349 e. The Morgan fingerprint density at radius 1 is 1.06 bits per heavy atom. The molecule has 2 aromatic carbocycles. The number of carbonyl (C=O) groups excluding carboxylic acids is 2. The van der Waals surface area contributed by atoms with Crippen molar-refractivity contribution in [3.8, 4) is 22.0 Å². The Hall–Kier alpha value is -3.78. The fourth-order valence-corrected chi connectivity index (χ4v) is 4.48. The molecule has 0 aliphatic carbocycles. The highest BCUT2D eigenvalue weighted by atomic mass is 32.1. The fourth-order valence-electron chi connectivity index (χ4n) is 3.44. The molecular weight excluding hydrogens is 422 g/mol. The highest BCUT2D eigenvalue weighted by molar-refractivity contribution is 7.19. The first kappa shape index (κ1) is 21.5. The Kier molecular flexibility index (Phi) is 6.42. The molecule has 0 saturated heterocycles. The molecule has 0 radical (unpaired) electrons. The molecule has 2 heterocycles. The zero-order valence-electron chi connectivity index (χ0n) is 17.8. The Balaban J connectivity index is 1.60. The van der Waals surface area contributed by atoms with Crippen molar-refractivity contribution < 1.29 is 9.59 Å². The average molecular weight is 446 g/mol. The molecule has 4 rings (SSSR count). The van der Waals surface area contributed by atoms with Crippen molar-refractivity contribution in [3.05, 3.63) is 78.6 Å². The zero-order chi connectivity index (χ0) is 22.5. The first-order valence-corrected chi connectivity index (χ1v) is 11.0. The summed E-state index contributed by atoms with van der Waals surface area (Å²) < 4.78 is 1.92. The lowest BCUT2D eigenvalue weighted by Gasteiger charge is -2.17. The Labute approximate surface area is 190 Å². The van der Waals surface area contributed by atoms with Crippen molar-refractivity contribution in [1.29, 1.82) is 0 Å². The molecule has 1 atom stereocenters. The molecule has 2 aromatic heterocycles. The monoisotopic (exact) mass is 445 g/mol. The van der Waals surface area contributed by atoms with Gasteiger partial charge in [0.2, 0.25) is 11.8 Å². The van der Waals surface area contributed by atoms with Gasteiger partial charge in [-0.05, 0) is 5.56 Å². The van der Waals surface area contributed by atoms with Gasteiger partial charge in [0, 0.05) is 31.9 Å². The number of rotatable bonds is 7. The lowest BCUT2D eigenvalue weighted by atomic mass is 10.0. The van der Waals surface area contributed by atoms with Crippen LogP contribution in [-0.4, -0.2) is 26.3 Å². The number of anilines is 1. The van der Waals surface area contributed by atoms with Crippen molar-refractivity contribution in [1.82, 2.24) is 19.9 Å². The van der Waals surface area contributed by atoms with Crippen LogP contribution in [0.25, 0.3) is 22.0 Å². The van der Waals surface area contributed by atoms with Gasteiger partial charge >= 0.3 is 0 Å². The number of carbonyl (C=O) groups is 2. The van der Waals surface area contributed by atoms with E-state index in [1.54, 1.807) is 6.20 Å². The number of thiazole rings is 1. The first-order chi connectivity index (χ1) is 15.5. The number of imidazole rings is 1. The van der Waals surface area contributed by atoms with E-state index < -0.39 is 6.04 Å². The molecule has 4 aromatic rings. The molecule has 7 nitrogen and oxygen atoms in total. The molecule has 0 saturated carbocycles. The Morgan fingerprint density at radius 2 is 1.75 bits per heavy atom. The van der Waals surface area contributed by atoms with Gasteiger partial charge in [0.1, 0.15) is 0 Å². The number of nitrogens with one attached hydrogen (secondary N) is 2. The predicted molar refractivity (Wildman–Crippen MR) is 126 cm³/mol. The van der Waals surface area contributed by atoms with Crippen LogP contribution in [0.2, 0.25) is 0 Å². The SMILES string of the molecule is CC(=O)NC(CC(=O)Nc1nc(-c2ccccc2)c(-c2nccn2C)s1)c1ccccc1. The third kappa shape index (κ3) is 4.92. The van der Waals surface area contributed by atoms with E-state index >= 15 is 0 Å². The number of hydrogen-bond acceptors (Lipinski definition) is 5. The minimum atomic E-state index is -0.420. The molecule has 0 aliphatic rings. The summed E-state index contributed by atoms with van der Waals surface area (Å²) in [6.45, 7) is 1.44. The van der Waals surface area contributed by atoms with Crippen LogP contribution in [-0.2, 0) is 16.6 Å². The third-order valence-corrected chi connectivity index (χ3v) is 5.88. The Morgan fingerprint density at radius 3 is 2.38 bits per heavy atom. The van der Waals surface area contributed by atoms with Crippen LogP contribution in [0, 0.1) is 0 Å². The van der Waals surface area contributed by atoms with E-state index in [4.69, 9.17) is 4.98 Å². The summed E-state index contributed by atoms with van der Waals surface area (Å²) >= 11 is 1.38. The van der Waals surface area contributed by atoms with E-state index in [1.807, 2.05) is 78.5 Å². The van der Waals surface area contributed by atoms with Gasteiger partial charge in [-0.1, -0.05) is 72.0 Å². The van der Waals surface area contributed by atoms with Crippen LogP contribution in [0.15, 0.2) is 73.1 Å². The second-order valence-electron chi connectivity index (χ2n) is 7.34. The Bertz CT molecular complexity index is 1220. The summed E-state index contributed by atoms with van der Waals surface area (Å²) in [6.07, 6.45) is 3.71. The number of aromatic nitrogens is 3. The van der Waals surface area contributed by atoms with Crippen LogP contribution in [0.4, 0.5) is 5.13 Å². The summed E-state index contributed by atoms with van der Waals surface area (Å²) in [7, 11) is 1.92. The van der Waals surface area contributed by atoms with Crippen molar-refractivity contribution >= 4 is 28.3 Å². The molecule has 0 fully saturated rings. The third-order valence-electron chi connectivity index (χ3n) is 4.91. The van der Waals surface area contributed by atoms with E-state index in [0.29, 0.717) is 5.13 Å². The maximum atomic E-state index is 12.9. The van der Waals surface area contributed by atoms with Crippen LogP contribution in [0.5, 0.6) is 0 Å². The molecule has 2 N–H and O–H groups in total. The maximum absolute atomic E-state index is 12.9.